The van der Waals surface area contributed by atoms with Gasteiger partial charge in [-0.05, 0) is 25.0 Å². The summed E-state index contributed by atoms with van der Waals surface area (Å²) >= 11 is 5.77. The van der Waals surface area contributed by atoms with Gasteiger partial charge in [-0.15, -0.1) is 12.4 Å². The number of carbonyl (C=O) groups excluding carboxylic acids is 1. The molecule has 1 aliphatic rings. The van der Waals surface area contributed by atoms with Gasteiger partial charge in [0.25, 0.3) is 5.91 Å². The maximum absolute atomic E-state index is 13.1. The minimum atomic E-state index is -1.08. The van der Waals surface area contributed by atoms with E-state index < -0.39 is 17.5 Å². The van der Waals surface area contributed by atoms with Gasteiger partial charge in [0.15, 0.2) is 11.6 Å². The Morgan fingerprint density at radius 2 is 2.00 bits per heavy atom. The van der Waals surface area contributed by atoms with Crippen LogP contribution in [0.1, 0.15) is 23.2 Å². The molecule has 1 atom stereocenters. The van der Waals surface area contributed by atoms with Gasteiger partial charge < -0.3 is 10.6 Å². The van der Waals surface area contributed by atoms with Gasteiger partial charge in [0.05, 0.1) is 10.6 Å². The van der Waals surface area contributed by atoms with Crippen LogP contribution in [0.25, 0.3) is 0 Å². The molecule has 0 aliphatic carbocycles. The Morgan fingerprint density at radius 1 is 1.37 bits per heavy atom. The lowest BCUT2D eigenvalue weighted by Gasteiger charge is -2.31. The zero-order valence-corrected chi connectivity index (χ0v) is 11.6. The van der Waals surface area contributed by atoms with Crippen molar-refractivity contribution >= 4 is 29.9 Å². The van der Waals surface area contributed by atoms with E-state index >= 15 is 0 Å². The molecule has 2 rings (SSSR count). The summed E-state index contributed by atoms with van der Waals surface area (Å²) in [5.74, 6) is -2.55. The van der Waals surface area contributed by atoms with Crippen LogP contribution in [0.4, 0.5) is 8.78 Å². The second-order valence-corrected chi connectivity index (χ2v) is 4.81. The molecule has 2 N–H and O–H groups in total. The van der Waals surface area contributed by atoms with Gasteiger partial charge in [-0.25, -0.2) is 8.78 Å². The van der Waals surface area contributed by atoms with E-state index in [2.05, 4.69) is 0 Å². The van der Waals surface area contributed by atoms with E-state index in [4.69, 9.17) is 17.3 Å². The molecule has 3 nitrogen and oxygen atoms in total. The predicted octanol–water partition coefficient (Wildman–Crippen LogP) is 2.60. The molecular formula is C12H14Cl2F2N2O. The smallest absolute Gasteiger partial charge is 0.255 e. The predicted molar refractivity (Wildman–Crippen MR) is 71.7 cm³/mol. The number of halogens is 4. The Morgan fingerprint density at radius 3 is 2.63 bits per heavy atom. The summed E-state index contributed by atoms with van der Waals surface area (Å²) in [6, 6.07) is 1.57. The Bertz CT molecular complexity index is 485. The second kappa shape index (κ2) is 6.50. The van der Waals surface area contributed by atoms with Crippen molar-refractivity contribution in [3.05, 3.63) is 34.4 Å². The molecule has 1 amide bonds. The number of amides is 1. The number of hydrogen-bond acceptors (Lipinski definition) is 2. The number of nitrogens with two attached hydrogens (primary N) is 1. The lowest BCUT2D eigenvalue weighted by Crippen LogP contribution is -2.45. The van der Waals surface area contributed by atoms with Gasteiger partial charge in [0.1, 0.15) is 0 Å². The number of carbonyl (C=O) groups is 1. The molecule has 106 valence electrons. The van der Waals surface area contributed by atoms with Crippen molar-refractivity contribution in [2.45, 2.75) is 18.9 Å². The van der Waals surface area contributed by atoms with Gasteiger partial charge in [0.2, 0.25) is 0 Å². The van der Waals surface area contributed by atoms with Crippen LogP contribution in [-0.4, -0.2) is 29.9 Å². The van der Waals surface area contributed by atoms with E-state index in [-0.39, 0.29) is 29.0 Å². The maximum atomic E-state index is 13.1. The number of hydrogen-bond donors (Lipinski definition) is 1. The second-order valence-electron chi connectivity index (χ2n) is 4.40. The Labute approximate surface area is 121 Å². The van der Waals surface area contributed by atoms with Gasteiger partial charge in [-0.3, -0.25) is 4.79 Å². The fourth-order valence-corrected chi connectivity index (χ4v) is 2.28. The Balaban J connectivity index is 0.00000180. The maximum Gasteiger partial charge on any atom is 0.255 e. The van der Waals surface area contributed by atoms with Crippen molar-refractivity contribution in [3.63, 3.8) is 0 Å². The lowest BCUT2D eigenvalue weighted by atomic mass is 10.1. The zero-order valence-electron chi connectivity index (χ0n) is 10.0. The van der Waals surface area contributed by atoms with Crippen LogP contribution in [0.15, 0.2) is 12.1 Å². The molecule has 1 aromatic rings. The normalized spacial score (nSPS) is 18.9. The molecule has 1 unspecified atom stereocenters. The van der Waals surface area contributed by atoms with E-state index in [1.54, 1.807) is 0 Å². The molecule has 1 heterocycles. The molecule has 0 aromatic heterocycles. The molecule has 0 radical (unpaired) electrons. The highest BCUT2D eigenvalue weighted by atomic mass is 35.5. The molecule has 1 aromatic carbocycles. The van der Waals surface area contributed by atoms with Crippen molar-refractivity contribution in [3.8, 4) is 0 Å². The van der Waals surface area contributed by atoms with Gasteiger partial charge in [-0.2, -0.15) is 0 Å². The summed E-state index contributed by atoms with van der Waals surface area (Å²) < 4.78 is 26.1. The average Bonchev–Trinajstić information content (AvgIpc) is 2.33. The third-order valence-electron chi connectivity index (χ3n) is 2.99. The van der Waals surface area contributed by atoms with Crippen LogP contribution in [-0.2, 0) is 0 Å². The first-order valence-corrected chi connectivity index (χ1v) is 6.06. The van der Waals surface area contributed by atoms with Crippen molar-refractivity contribution in [1.82, 2.24) is 4.90 Å². The fourth-order valence-electron chi connectivity index (χ4n) is 2.05. The molecule has 19 heavy (non-hydrogen) atoms. The first kappa shape index (κ1) is 16.1. The van der Waals surface area contributed by atoms with Crippen LogP contribution in [0.5, 0.6) is 0 Å². The van der Waals surface area contributed by atoms with E-state index in [0.717, 1.165) is 25.0 Å². The standard InChI is InChI=1S/C12H13ClF2N2O.ClH/c13-9-5-11(15)10(14)4-8(9)12(18)17-3-1-2-7(16)6-17;/h4-5,7H,1-3,6,16H2;1H. The first-order chi connectivity index (χ1) is 8.49. The fraction of sp³-hybridized carbons (Fsp3) is 0.417. The third-order valence-corrected chi connectivity index (χ3v) is 3.30. The Kier molecular flexibility index (Phi) is 5.52. The summed E-state index contributed by atoms with van der Waals surface area (Å²) in [6.45, 7) is 0.968. The summed E-state index contributed by atoms with van der Waals surface area (Å²) in [6.07, 6.45) is 1.66. The van der Waals surface area contributed by atoms with Gasteiger partial charge >= 0.3 is 0 Å². The van der Waals surface area contributed by atoms with Crippen LogP contribution in [0, 0.1) is 11.6 Å². The van der Waals surface area contributed by atoms with Crippen molar-refractivity contribution < 1.29 is 13.6 Å². The molecular weight excluding hydrogens is 297 g/mol. The molecule has 1 fully saturated rings. The number of piperidine rings is 1. The molecule has 7 heteroatoms. The van der Waals surface area contributed by atoms with Crippen molar-refractivity contribution in [2.24, 2.45) is 5.73 Å². The number of nitrogens with zero attached hydrogens (tertiary/aromatic N) is 1. The highest BCUT2D eigenvalue weighted by Gasteiger charge is 2.24. The van der Waals surface area contributed by atoms with E-state index in [9.17, 15) is 13.6 Å². The van der Waals surface area contributed by atoms with Crippen molar-refractivity contribution in [1.29, 1.82) is 0 Å². The minimum Gasteiger partial charge on any atom is -0.337 e. The Hall–Kier alpha value is -0.910. The van der Waals surface area contributed by atoms with Gasteiger partial charge in [0, 0.05) is 19.1 Å². The molecule has 0 spiro atoms. The van der Waals surface area contributed by atoms with Gasteiger partial charge in [-0.1, -0.05) is 11.6 Å². The summed E-state index contributed by atoms with van der Waals surface area (Å²) in [4.78, 5) is 13.6. The summed E-state index contributed by atoms with van der Waals surface area (Å²) in [5.41, 5.74) is 5.75. The molecule has 1 aliphatic heterocycles. The van der Waals surface area contributed by atoms with E-state index in [0.29, 0.717) is 13.1 Å². The van der Waals surface area contributed by atoms with Crippen LogP contribution in [0.2, 0.25) is 5.02 Å². The highest BCUT2D eigenvalue weighted by Crippen LogP contribution is 2.22. The number of likely N-dealkylation sites (tertiary alicyclic amines) is 1. The summed E-state index contributed by atoms with van der Waals surface area (Å²) in [7, 11) is 0. The average molecular weight is 311 g/mol. The molecule has 1 saturated heterocycles. The third kappa shape index (κ3) is 3.55. The van der Waals surface area contributed by atoms with E-state index in [1.165, 1.54) is 4.90 Å². The summed E-state index contributed by atoms with van der Waals surface area (Å²) in [5, 5.41) is -0.0851. The largest absolute Gasteiger partial charge is 0.337 e. The molecule has 0 saturated carbocycles. The monoisotopic (exact) mass is 310 g/mol. The lowest BCUT2D eigenvalue weighted by molar-refractivity contribution is 0.0708. The topological polar surface area (TPSA) is 46.3 Å². The number of benzene rings is 1. The van der Waals surface area contributed by atoms with E-state index in [1.807, 2.05) is 0 Å². The molecule has 0 bridgehead atoms. The van der Waals surface area contributed by atoms with Crippen LogP contribution >= 0.6 is 24.0 Å². The minimum absolute atomic E-state index is 0. The first-order valence-electron chi connectivity index (χ1n) is 5.68. The zero-order chi connectivity index (χ0) is 13.3. The quantitative estimate of drug-likeness (QED) is 0.810. The SMILES string of the molecule is Cl.NC1CCCN(C(=O)c2cc(F)c(F)cc2Cl)C1. The van der Waals surface area contributed by atoms with Crippen LogP contribution < -0.4 is 5.73 Å². The van der Waals surface area contributed by atoms with Crippen molar-refractivity contribution in [2.75, 3.05) is 13.1 Å². The van der Waals surface area contributed by atoms with Crippen LogP contribution in [0.3, 0.4) is 0 Å². The number of rotatable bonds is 1. The highest BCUT2D eigenvalue weighted by molar-refractivity contribution is 6.33.